The van der Waals surface area contributed by atoms with Crippen LogP contribution in [-0.2, 0) is 44.3 Å². The summed E-state index contributed by atoms with van der Waals surface area (Å²) < 4.78 is 55.0. The molecule has 13 heteroatoms. The van der Waals surface area contributed by atoms with Crippen molar-refractivity contribution in [3.8, 4) is 5.75 Å². The van der Waals surface area contributed by atoms with E-state index in [1.165, 1.54) is 11.1 Å². The lowest BCUT2D eigenvalue weighted by atomic mass is 9.63. The number of sulfonamides is 1. The number of ether oxygens (including phenoxy) is 3. The van der Waals surface area contributed by atoms with Crippen LogP contribution in [0.3, 0.4) is 0 Å². The van der Waals surface area contributed by atoms with Gasteiger partial charge in [-0.05, 0) is 112 Å². The average Bonchev–Trinajstić information content (AvgIpc) is 3.42. The van der Waals surface area contributed by atoms with E-state index in [1.54, 1.807) is 20.1 Å². The van der Waals surface area contributed by atoms with E-state index < -0.39 is 26.8 Å². The summed E-state index contributed by atoms with van der Waals surface area (Å²) in [6, 6.07) is 11.5. The molecular weight excluding hydrogens is 752 g/mol. The molecule has 5 aliphatic rings. The lowest BCUT2D eigenvalue weighted by molar-refractivity contribution is -0.0777. The van der Waals surface area contributed by atoms with Gasteiger partial charge in [0.1, 0.15) is 11.5 Å². The second kappa shape index (κ2) is 15.7. The second-order valence-electron chi connectivity index (χ2n) is 16.9. The minimum absolute atomic E-state index is 0.121. The van der Waals surface area contributed by atoms with E-state index in [4.69, 9.17) is 35.2 Å². The number of aromatic nitrogens is 1. The fourth-order valence-corrected chi connectivity index (χ4v) is 11.2. The summed E-state index contributed by atoms with van der Waals surface area (Å²) in [4.78, 5) is 23.5. The van der Waals surface area contributed by atoms with Crippen molar-refractivity contribution in [3.63, 3.8) is 0 Å². The molecule has 1 saturated heterocycles. The number of methoxy groups -OCH3 is 1. The van der Waals surface area contributed by atoms with Crippen LogP contribution >= 0.6 is 11.6 Å². The Morgan fingerprint density at radius 3 is 2.70 bits per heavy atom. The molecule has 2 bridgehead atoms. The number of halogens is 1. The van der Waals surface area contributed by atoms with Crippen LogP contribution in [0.1, 0.15) is 84.8 Å². The summed E-state index contributed by atoms with van der Waals surface area (Å²) in [5, 5.41) is -0.0939. The van der Waals surface area contributed by atoms with Crippen molar-refractivity contribution in [2.45, 2.75) is 88.5 Å². The number of carbonyl (C=O) groups is 1. The van der Waals surface area contributed by atoms with E-state index in [0.717, 1.165) is 67.4 Å². The van der Waals surface area contributed by atoms with Crippen LogP contribution in [0.2, 0.25) is 5.02 Å². The molecule has 1 saturated carbocycles. The third-order valence-electron chi connectivity index (χ3n) is 13.5. The number of amides is 1. The summed E-state index contributed by atoms with van der Waals surface area (Å²) in [6.45, 7) is 11.3. The maximum atomic E-state index is 13.7. The maximum absolute atomic E-state index is 13.7. The summed E-state index contributed by atoms with van der Waals surface area (Å²) in [6.07, 6.45) is 10.0. The van der Waals surface area contributed by atoms with Crippen molar-refractivity contribution >= 4 is 33.2 Å². The molecule has 302 valence electrons. The van der Waals surface area contributed by atoms with Crippen molar-refractivity contribution < 1.29 is 31.8 Å². The van der Waals surface area contributed by atoms with Crippen LogP contribution in [0.15, 0.2) is 53.0 Å². The molecule has 11 nitrogen and oxygen atoms in total. The lowest BCUT2D eigenvalue weighted by Gasteiger charge is -2.50. The predicted molar refractivity (Wildman–Crippen MR) is 216 cm³/mol. The summed E-state index contributed by atoms with van der Waals surface area (Å²) >= 11 is 6.51. The van der Waals surface area contributed by atoms with Crippen LogP contribution in [0.25, 0.3) is 0 Å². The van der Waals surface area contributed by atoms with Crippen molar-refractivity contribution in [1.29, 1.82) is 0 Å². The van der Waals surface area contributed by atoms with E-state index in [1.807, 2.05) is 32.0 Å². The number of morpholine rings is 1. The average molecular weight is 807 g/mol. The highest BCUT2D eigenvalue weighted by Gasteiger charge is 2.50. The first-order valence-electron chi connectivity index (χ1n) is 20.2. The van der Waals surface area contributed by atoms with Gasteiger partial charge in [0.2, 0.25) is 10.0 Å². The zero-order valence-corrected chi connectivity index (χ0v) is 34.6. The third-order valence-corrected chi connectivity index (χ3v) is 15.6. The number of hydrogen-bond donors (Lipinski definition) is 1. The van der Waals surface area contributed by atoms with Crippen LogP contribution in [0.5, 0.6) is 5.75 Å². The lowest BCUT2D eigenvalue weighted by Crippen LogP contribution is -2.54. The monoisotopic (exact) mass is 806 g/mol. The molecule has 1 amide bonds. The number of oxazole rings is 1. The fourth-order valence-electron chi connectivity index (χ4n) is 9.75. The zero-order valence-electron chi connectivity index (χ0n) is 33.0. The van der Waals surface area contributed by atoms with E-state index in [-0.39, 0.29) is 28.7 Å². The molecule has 2 fully saturated rings. The van der Waals surface area contributed by atoms with Crippen LogP contribution in [-0.4, -0.2) is 88.2 Å². The number of allylic oxidation sites excluding steroid dienone is 1. The van der Waals surface area contributed by atoms with Gasteiger partial charge in [0.05, 0.1) is 48.5 Å². The highest BCUT2D eigenvalue weighted by Crippen LogP contribution is 2.50. The van der Waals surface area contributed by atoms with Gasteiger partial charge in [-0.2, -0.15) is 0 Å². The van der Waals surface area contributed by atoms with Gasteiger partial charge in [0.25, 0.3) is 5.91 Å². The van der Waals surface area contributed by atoms with Gasteiger partial charge in [-0.15, -0.1) is 0 Å². The molecule has 1 spiro atoms. The molecule has 3 aromatic rings. The van der Waals surface area contributed by atoms with Gasteiger partial charge in [-0.3, -0.25) is 9.69 Å². The molecule has 8 rings (SSSR count). The molecule has 2 aromatic carbocycles. The fraction of sp³-hybridized carbons (Fsp3) is 0.581. The van der Waals surface area contributed by atoms with E-state index in [2.05, 4.69) is 38.8 Å². The number of nitrogens with zero attached hydrogens (tertiary/aromatic N) is 3. The van der Waals surface area contributed by atoms with Crippen LogP contribution in [0.4, 0.5) is 5.69 Å². The Kier molecular flexibility index (Phi) is 11.1. The molecule has 6 atom stereocenters. The number of carbonyl (C=O) groups excluding carboxylic acids is 1. The number of nitrogens with one attached hydrogen (secondary N) is 1. The van der Waals surface area contributed by atoms with Gasteiger partial charge in [-0.1, -0.05) is 36.7 Å². The van der Waals surface area contributed by atoms with Gasteiger partial charge in [-0.25, -0.2) is 18.1 Å². The Labute approximate surface area is 336 Å². The molecule has 1 aromatic heterocycles. The minimum atomic E-state index is -4.00. The number of hydrogen-bond acceptors (Lipinski definition) is 10. The quantitative estimate of drug-likeness (QED) is 0.281. The predicted octanol–water partition coefficient (Wildman–Crippen LogP) is 6.64. The standard InChI is InChI=1S/C43H55ClN4O7S/c1-28-7-5-16-43(52-4,23-40-45-37(29(2)55-40)25-47-17-19-53-20-18-47)36-12-9-33(36)24-48-26-42(15-6-8-31-21-34(44)11-13-35(31)42)27-54-39-14-10-32(22-38(39)48)41(49)46-56(50,51)30(28)3/h5,10-11,13-14,16,21-22,28,30,33,36H,6-9,12,15,17-20,23-27H2,1-4H3,(H,46,49)/b16-5+/t28-,30+,33-,36+,42-,43+/m0/s1. The van der Waals surface area contributed by atoms with Gasteiger partial charge in [0.15, 0.2) is 5.89 Å². The van der Waals surface area contributed by atoms with Gasteiger partial charge >= 0.3 is 0 Å². The Morgan fingerprint density at radius 1 is 1.11 bits per heavy atom. The molecule has 0 radical (unpaired) electrons. The number of anilines is 1. The smallest absolute Gasteiger partial charge is 0.264 e. The summed E-state index contributed by atoms with van der Waals surface area (Å²) in [7, 11) is -2.23. The van der Waals surface area contributed by atoms with Gasteiger partial charge < -0.3 is 23.5 Å². The van der Waals surface area contributed by atoms with Crippen molar-refractivity contribution in [2.75, 3.05) is 58.0 Å². The molecule has 0 unspecified atom stereocenters. The molecule has 1 N–H and O–H groups in total. The first-order valence-corrected chi connectivity index (χ1v) is 22.2. The first kappa shape index (κ1) is 39.4. The van der Waals surface area contributed by atoms with Crippen molar-refractivity contribution in [3.05, 3.63) is 87.6 Å². The Bertz CT molecular complexity index is 2080. The number of rotatable bonds is 5. The number of fused-ring (bicyclic) bond motifs is 4. The highest BCUT2D eigenvalue weighted by molar-refractivity contribution is 7.90. The Morgan fingerprint density at radius 2 is 1.93 bits per heavy atom. The summed E-state index contributed by atoms with van der Waals surface area (Å²) in [5.41, 5.74) is 3.46. The number of benzene rings is 2. The van der Waals surface area contributed by atoms with Crippen molar-refractivity contribution in [2.24, 2.45) is 17.8 Å². The largest absolute Gasteiger partial charge is 0.490 e. The van der Waals surface area contributed by atoms with E-state index >= 15 is 0 Å². The normalized spacial score (nSPS) is 31.3. The SMILES string of the molecule is CO[C@@]1(Cc2nc(CN3CCOCC3)c(C)o2)/C=C/C[C@H](C)[C@@H](C)S(=O)(=O)NC(=O)c2ccc3c(c2)N(C[C@@H]2CC[C@H]21)C[C@@]1(CCCc2cc(Cl)ccc21)CO3. The molecule has 4 heterocycles. The molecule has 56 heavy (non-hydrogen) atoms. The molecule has 3 aliphatic heterocycles. The minimum Gasteiger partial charge on any atom is -0.490 e. The van der Waals surface area contributed by atoms with E-state index in [0.29, 0.717) is 63.9 Å². The Balaban J connectivity index is 1.19. The molecule has 2 aliphatic carbocycles. The Hall–Kier alpha value is -3.42. The van der Waals surface area contributed by atoms with Crippen LogP contribution < -0.4 is 14.4 Å². The second-order valence-corrected chi connectivity index (χ2v) is 19.3. The highest BCUT2D eigenvalue weighted by atomic mass is 35.5. The topological polar surface area (TPSA) is 123 Å². The molecular formula is C43H55ClN4O7S. The first-order chi connectivity index (χ1) is 26.9. The van der Waals surface area contributed by atoms with Crippen molar-refractivity contribution in [1.82, 2.24) is 14.6 Å². The van der Waals surface area contributed by atoms with Crippen LogP contribution in [0, 0.1) is 24.7 Å². The summed E-state index contributed by atoms with van der Waals surface area (Å²) in [5.74, 6) is 1.57. The van der Waals surface area contributed by atoms with Gasteiger partial charge in [0, 0.05) is 55.8 Å². The zero-order chi connectivity index (χ0) is 39.2. The maximum Gasteiger partial charge on any atom is 0.264 e. The number of aryl methyl sites for hydroxylation is 2. The third kappa shape index (κ3) is 7.64. The van der Waals surface area contributed by atoms with E-state index in [9.17, 15) is 13.2 Å².